The number of hydrogen-bond acceptors (Lipinski definition) is 5. The van der Waals surface area contributed by atoms with Gasteiger partial charge in [-0.2, -0.15) is 0 Å². The normalized spacial score (nSPS) is 10.4. The minimum absolute atomic E-state index is 0. The molecule has 0 aliphatic rings. The lowest BCUT2D eigenvalue weighted by molar-refractivity contribution is -0.142. The predicted molar refractivity (Wildman–Crippen MR) is 134 cm³/mol. The van der Waals surface area contributed by atoms with Crippen LogP contribution in [0.5, 0.6) is 11.5 Å². The fourth-order valence-corrected chi connectivity index (χ4v) is 3.10. The minimum atomic E-state index is -0.789. The molecule has 0 amide bonds. The highest BCUT2D eigenvalue weighted by molar-refractivity contribution is 5.71. The lowest BCUT2D eigenvalue weighted by atomic mass is 9.81. The van der Waals surface area contributed by atoms with Crippen molar-refractivity contribution in [3.8, 4) is 11.5 Å². The second-order valence-corrected chi connectivity index (χ2v) is 8.56. The summed E-state index contributed by atoms with van der Waals surface area (Å²) in [5, 5.41) is 8.81. The average molecular weight is 463 g/mol. The zero-order valence-corrected chi connectivity index (χ0v) is 19.5. The van der Waals surface area contributed by atoms with Gasteiger partial charge in [-0.05, 0) is 35.4 Å². The van der Waals surface area contributed by atoms with E-state index in [4.69, 9.17) is 19.3 Å². The summed E-state index contributed by atoms with van der Waals surface area (Å²) in [6.07, 6.45) is 0.469. The largest absolute Gasteiger partial charge is 0.497 e. The van der Waals surface area contributed by atoms with Gasteiger partial charge >= 0.3 is 11.9 Å². The standard InChI is InChI=1S/C13H18O3.C12H16O3.2CH4/c1-13(2,9-12(14)16-4)10-6-5-7-11(8-10)15-3;1-12(2,8-11(13)14)9-5-4-6-10(7-9)15-3;;/h5-8H,9H2,1-4H3;4-7H,8H2,1-3H3,(H,13,14);2*1H4. The molecule has 0 saturated heterocycles. The predicted octanol–water partition coefficient (Wildman–Crippen LogP) is 6.26. The van der Waals surface area contributed by atoms with Crippen LogP contribution in [0.2, 0.25) is 0 Å². The van der Waals surface area contributed by atoms with Gasteiger partial charge in [-0.25, -0.2) is 0 Å². The van der Waals surface area contributed by atoms with E-state index in [9.17, 15) is 9.59 Å². The summed E-state index contributed by atoms with van der Waals surface area (Å²) in [4.78, 5) is 22.0. The molecule has 0 atom stereocenters. The molecule has 0 unspecified atom stereocenters. The molecular weight excluding hydrogens is 420 g/mol. The van der Waals surface area contributed by atoms with Gasteiger partial charge in [0.25, 0.3) is 0 Å². The minimum Gasteiger partial charge on any atom is -0.497 e. The van der Waals surface area contributed by atoms with E-state index in [2.05, 4.69) is 0 Å². The van der Waals surface area contributed by atoms with Crippen LogP contribution in [0.4, 0.5) is 0 Å². The second kappa shape index (κ2) is 14.2. The van der Waals surface area contributed by atoms with Crippen molar-refractivity contribution in [1.82, 2.24) is 0 Å². The monoisotopic (exact) mass is 462 g/mol. The smallest absolute Gasteiger partial charge is 0.306 e. The Labute approximate surface area is 199 Å². The number of benzene rings is 2. The summed E-state index contributed by atoms with van der Waals surface area (Å²) in [6, 6.07) is 15.3. The first kappa shape index (κ1) is 32.2. The fourth-order valence-electron chi connectivity index (χ4n) is 3.10. The lowest BCUT2D eigenvalue weighted by Crippen LogP contribution is -2.22. The highest BCUT2D eigenvalue weighted by atomic mass is 16.5. The van der Waals surface area contributed by atoms with Crippen molar-refractivity contribution in [3.05, 3.63) is 59.7 Å². The molecule has 2 aromatic carbocycles. The first-order valence-electron chi connectivity index (χ1n) is 10.0. The number of carboxylic acid groups (broad SMARTS) is 1. The molecule has 0 fully saturated rings. The molecule has 0 bridgehead atoms. The number of ether oxygens (including phenoxy) is 3. The van der Waals surface area contributed by atoms with E-state index in [0.717, 1.165) is 22.6 Å². The molecule has 0 spiro atoms. The van der Waals surface area contributed by atoms with E-state index in [1.54, 1.807) is 14.2 Å². The van der Waals surface area contributed by atoms with Crippen LogP contribution >= 0.6 is 0 Å². The van der Waals surface area contributed by atoms with Crippen molar-refractivity contribution in [2.24, 2.45) is 0 Å². The Morgan fingerprint density at radius 2 is 1.15 bits per heavy atom. The van der Waals surface area contributed by atoms with Crippen LogP contribution in [0.3, 0.4) is 0 Å². The number of methoxy groups -OCH3 is 3. The number of carbonyl (C=O) groups excluding carboxylic acids is 1. The average Bonchev–Trinajstić information content (AvgIpc) is 2.73. The quantitative estimate of drug-likeness (QED) is 0.467. The number of carbonyl (C=O) groups is 2. The summed E-state index contributed by atoms with van der Waals surface area (Å²) >= 11 is 0. The van der Waals surface area contributed by atoms with Crippen LogP contribution in [-0.4, -0.2) is 38.4 Å². The highest BCUT2D eigenvalue weighted by Gasteiger charge is 2.25. The van der Waals surface area contributed by atoms with Gasteiger partial charge in [0.1, 0.15) is 11.5 Å². The summed E-state index contributed by atoms with van der Waals surface area (Å²) in [5.74, 6) is 0.567. The molecule has 2 aromatic rings. The SMILES string of the molecule is C.C.COC(=O)CC(C)(C)c1cccc(OC)c1.COc1cccc(C(C)(C)CC(=O)O)c1. The lowest BCUT2D eigenvalue weighted by Gasteiger charge is -2.24. The zero-order valence-electron chi connectivity index (χ0n) is 19.5. The maximum absolute atomic E-state index is 11.3. The Bertz CT molecular complexity index is 870. The maximum atomic E-state index is 11.3. The van der Waals surface area contributed by atoms with Crippen molar-refractivity contribution in [2.45, 2.75) is 66.2 Å². The number of esters is 1. The summed E-state index contributed by atoms with van der Waals surface area (Å²) in [7, 11) is 4.64. The van der Waals surface area contributed by atoms with E-state index < -0.39 is 5.97 Å². The van der Waals surface area contributed by atoms with E-state index in [1.165, 1.54) is 7.11 Å². The van der Waals surface area contributed by atoms with E-state index in [1.807, 2.05) is 76.2 Å². The summed E-state index contributed by atoms with van der Waals surface area (Å²) in [6.45, 7) is 7.85. The van der Waals surface area contributed by atoms with Crippen LogP contribution in [-0.2, 0) is 25.2 Å². The molecule has 6 nitrogen and oxygen atoms in total. The Balaban J connectivity index is 0. The third-order valence-corrected chi connectivity index (χ3v) is 5.11. The molecule has 2 rings (SSSR count). The Morgan fingerprint density at radius 1 is 0.758 bits per heavy atom. The third-order valence-electron chi connectivity index (χ3n) is 5.11. The molecule has 0 saturated carbocycles. The van der Waals surface area contributed by atoms with Crippen molar-refractivity contribution >= 4 is 11.9 Å². The molecule has 33 heavy (non-hydrogen) atoms. The fraction of sp³-hybridized carbons (Fsp3) is 0.481. The molecule has 0 aromatic heterocycles. The van der Waals surface area contributed by atoms with Gasteiger partial charge in [0.15, 0.2) is 0 Å². The van der Waals surface area contributed by atoms with Crippen molar-refractivity contribution < 1.29 is 28.9 Å². The van der Waals surface area contributed by atoms with Gasteiger partial charge in [0, 0.05) is 10.8 Å². The number of carboxylic acids is 1. The van der Waals surface area contributed by atoms with Gasteiger partial charge in [0.2, 0.25) is 0 Å². The third kappa shape index (κ3) is 10.4. The molecule has 0 heterocycles. The zero-order chi connectivity index (χ0) is 23.7. The van der Waals surface area contributed by atoms with Crippen LogP contribution in [0, 0.1) is 0 Å². The Morgan fingerprint density at radius 3 is 1.48 bits per heavy atom. The Hall–Kier alpha value is -3.02. The van der Waals surface area contributed by atoms with Crippen molar-refractivity contribution in [1.29, 1.82) is 0 Å². The number of rotatable bonds is 8. The van der Waals surface area contributed by atoms with Crippen LogP contribution in [0.15, 0.2) is 48.5 Å². The Kier molecular flexibility index (Phi) is 13.8. The number of aliphatic carboxylic acids is 1. The molecular formula is C27H42O6. The van der Waals surface area contributed by atoms with E-state index in [-0.39, 0.29) is 38.1 Å². The van der Waals surface area contributed by atoms with Crippen molar-refractivity contribution in [3.63, 3.8) is 0 Å². The summed E-state index contributed by atoms with van der Waals surface area (Å²) < 4.78 is 15.0. The van der Waals surface area contributed by atoms with Gasteiger partial charge in [-0.1, -0.05) is 66.8 Å². The van der Waals surface area contributed by atoms with Crippen LogP contribution < -0.4 is 9.47 Å². The highest BCUT2D eigenvalue weighted by Crippen LogP contribution is 2.30. The molecule has 186 valence electrons. The maximum Gasteiger partial charge on any atom is 0.306 e. The summed E-state index contributed by atoms with van der Waals surface area (Å²) in [5.41, 5.74) is 1.42. The van der Waals surface area contributed by atoms with Crippen LogP contribution in [0.1, 0.15) is 66.5 Å². The first-order chi connectivity index (χ1) is 14.4. The van der Waals surface area contributed by atoms with Crippen molar-refractivity contribution in [2.75, 3.05) is 21.3 Å². The molecule has 0 aliphatic heterocycles. The molecule has 0 radical (unpaired) electrons. The molecule has 0 aliphatic carbocycles. The molecule has 1 N–H and O–H groups in total. The molecule has 6 heteroatoms. The van der Waals surface area contributed by atoms with Gasteiger partial charge in [0.05, 0.1) is 34.2 Å². The second-order valence-electron chi connectivity index (χ2n) is 8.56. The van der Waals surface area contributed by atoms with E-state index in [0.29, 0.717) is 6.42 Å². The first-order valence-corrected chi connectivity index (χ1v) is 10.0. The van der Waals surface area contributed by atoms with Crippen LogP contribution in [0.25, 0.3) is 0 Å². The topological polar surface area (TPSA) is 82.1 Å². The van der Waals surface area contributed by atoms with Gasteiger partial charge in [-0.15, -0.1) is 0 Å². The van der Waals surface area contributed by atoms with E-state index >= 15 is 0 Å². The van der Waals surface area contributed by atoms with Gasteiger partial charge in [-0.3, -0.25) is 9.59 Å². The van der Waals surface area contributed by atoms with Gasteiger partial charge < -0.3 is 19.3 Å². The number of hydrogen-bond donors (Lipinski definition) is 1.